The molecule has 0 bridgehead atoms. The Morgan fingerprint density at radius 2 is 2.11 bits per heavy atom. The van der Waals surface area contributed by atoms with Crippen molar-refractivity contribution in [3.63, 3.8) is 0 Å². The van der Waals surface area contributed by atoms with Crippen molar-refractivity contribution in [3.05, 3.63) is 48.2 Å². The fourth-order valence-corrected chi connectivity index (χ4v) is 3.10. The first-order chi connectivity index (χ1) is 13.6. The van der Waals surface area contributed by atoms with E-state index in [1.165, 1.54) is 11.8 Å². The number of nitrogens with one attached hydrogen (secondary N) is 1. The Hall–Kier alpha value is -3.07. The van der Waals surface area contributed by atoms with Gasteiger partial charge in [0.15, 0.2) is 16.7 Å². The normalized spacial score (nSPS) is 10.6. The molecule has 1 amide bonds. The molecule has 28 heavy (non-hydrogen) atoms. The summed E-state index contributed by atoms with van der Waals surface area (Å²) in [5.74, 6) is 0.724. The van der Waals surface area contributed by atoms with E-state index in [9.17, 15) is 9.59 Å². The molecule has 2 aromatic heterocycles. The molecule has 146 valence electrons. The Labute approximate surface area is 166 Å². The van der Waals surface area contributed by atoms with E-state index in [0.717, 1.165) is 6.42 Å². The Morgan fingerprint density at radius 3 is 2.86 bits per heavy atom. The van der Waals surface area contributed by atoms with Crippen molar-refractivity contribution in [2.24, 2.45) is 7.05 Å². The van der Waals surface area contributed by atoms with E-state index in [4.69, 9.17) is 9.15 Å². The van der Waals surface area contributed by atoms with E-state index >= 15 is 0 Å². The Kier molecular flexibility index (Phi) is 6.49. The van der Waals surface area contributed by atoms with Gasteiger partial charge < -0.3 is 19.0 Å². The molecule has 0 aliphatic carbocycles. The van der Waals surface area contributed by atoms with Crippen molar-refractivity contribution in [2.45, 2.75) is 18.5 Å². The van der Waals surface area contributed by atoms with Gasteiger partial charge in [-0.15, -0.1) is 10.2 Å². The number of amides is 1. The van der Waals surface area contributed by atoms with Crippen LogP contribution >= 0.6 is 11.8 Å². The highest BCUT2D eigenvalue weighted by atomic mass is 32.2. The summed E-state index contributed by atoms with van der Waals surface area (Å²) in [6.45, 7) is 2.29. The van der Waals surface area contributed by atoms with Crippen LogP contribution in [0.3, 0.4) is 0 Å². The molecule has 0 saturated carbocycles. The van der Waals surface area contributed by atoms with Crippen LogP contribution in [0, 0.1) is 0 Å². The zero-order valence-electron chi connectivity index (χ0n) is 15.5. The van der Waals surface area contributed by atoms with Crippen LogP contribution in [0.25, 0.3) is 11.6 Å². The summed E-state index contributed by atoms with van der Waals surface area (Å²) in [5.41, 5.74) is 0.932. The number of carbonyl (C=O) groups is 2. The van der Waals surface area contributed by atoms with Gasteiger partial charge in [-0.1, -0.05) is 24.8 Å². The van der Waals surface area contributed by atoms with E-state index in [0.29, 0.717) is 34.6 Å². The molecule has 3 rings (SSSR count). The zero-order chi connectivity index (χ0) is 19.9. The van der Waals surface area contributed by atoms with Crippen LogP contribution < -0.4 is 5.32 Å². The van der Waals surface area contributed by atoms with E-state index in [-0.39, 0.29) is 11.7 Å². The van der Waals surface area contributed by atoms with Crippen LogP contribution in [-0.2, 0) is 16.6 Å². The first-order valence-corrected chi connectivity index (χ1v) is 9.70. The number of furan rings is 1. The number of rotatable bonds is 8. The number of thioether (sulfide) groups is 1. The van der Waals surface area contributed by atoms with Gasteiger partial charge in [-0.2, -0.15) is 0 Å². The number of hydrogen-bond donors (Lipinski definition) is 1. The van der Waals surface area contributed by atoms with Crippen LogP contribution in [0.1, 0.15) is 23.7 Å². The number of nitrogens with zero attached hydrogens (tertiary/aromatic N) is 3. The van der Waals surface area contributed by atoms with Crippen molar-refractivity contribution < 1.29 is 18.7 Å². The summed E-state index contributed by atoms with van der Waals surface area (Å²) in [5, 5.41) is 11.6. The van der Waals surface area contributed by atoms with E-state index in [2.05, 4.69) is 15.5 Å². The van der Waals surface area contributed by atoms with Crippen LogP contribution in [-0.4, -0.2) is 39.0 Å². The zero-order valence-corrected chi connectivity index (χ0v) is 16.4. The molecule has 0 atom stereocenters. The predicted molar refractivity (Wildman–Crippen MR) is 105 cm³/mol. The highest BCUT2D eigenvalue weighted by Crippen LogP contribution is 2.23. The van der Waals surface area contributed by atoms with E-state index in [1.807, 2.05) is 14.0 Å². The fourth-order valence-electron chi connectivity index (χ4n) is 2.39. The summed E-state index contributed by atoms with van der Waals surface area (Å²) in [6.07, 6.45) is 2.32. The third-order valence-corrected chi connectivity index (χ3v) is 4.75. The Bertz CT molecular complexity index is 953. The monoisotopic (exact) mass is 400 g/mol. The van der Waals surface area contributed by atoms with Gasteiger partial charge in [0.2, 0.25) is 5.91 Å². The van der Waals surface area contributed by atoms with Crippen molar-refractivity contribution in [2.75, 3.05) is 17.7 Å². The Balaban J connectivity index is 1.57. The topological polar surface area (TPSA) is 99.2 Å². The van der Waals surface area contributed by atoms with Gasteiger partial charge in [0.05, 0.1) is 24.2 Å². The molecule has 8 nitrogen and oxygen atoms in total. The van der Waals surface area contributed by atoms with Gasteiger partial charge in [-0.05, 0) is 36.8 Å². The number of carbonyl (C=O) groups excluding carboxylic acids is 2. The third kappa shape index (κ3) is 4.80. The molecule has 1 N–H and O–H groups in total. The van der Waals surface area contributed by atoms with Gasteiger partial charge in [0.1, 0.15) is 0 Å². The number of esters is 1. The van der Waals surface area contributed by atoms with Gasteiger partial charge >= 0.3 is 5.97 Å². The van der Waals surface area contributed by atoms with Crippen molar-refractivity contribution in [1.29, 1.82) is 0 Å². The average molecular weight is 400 g/mol. The maximum absolute atomic E-state index is 12.3. The number of aromatic nitrogens is 3. The minimum atomic E-state index is -0.406. The molecular formula is C19H20N4O4S. The summed E-state index contributed by atoms with van der Waals surface area (Å²) in [7, 11) is 1.81. The largest absolute Gasteiger partial charge is 0.462 e. The van der Waals surface area contributed by atoms with Gasteiger partial charge in [-0.25, -0.2) is 4.79 Å². The molecule has 1 aromatic carbocycles. The first-order valence-electron chi connectivity index (χ1n) is 8.71. The lowest BCUT2D eigenvalue weighted by Gasteiger charge is -2.07. The first kappa shape index (κ1) is 19.7. The van der Waals surface area contributed by atoms with E-state index < -0.39 is 5.97 Å². The molecule has 3 aromatic rings. The van der Waals surface area contributed by atoms with Crippen LogP contribution in [0.4, 0.5) is 5.69 Å². The van der Waals surface area contributed by atoms with Crippen LogP contribution in [0.15, 0.2) is 52.2 Å². The lowest BCUT2D eigenvalue weighted by molar-refractivity contribution is -0.113. The fraction of sp³-hybridized carbons (Fsp3) is 0.263. The number of hydrogen-bond acceptors (Lipinski definition) is 7. The second kappa shape index (κ2) is 9.23. The molecule has 0 fully saturated rings. The highest BCUT2D eigenvalue weighted by Gasteiger charge is 2.15. The molecule has 0 aliphatic heterocycles. The standard InChI is InChI=1S/C19H20N4O4S/c1-3-9-27-18(25)13-6-4-7-14(11-13)20-16(24)12-28-19-22-21-17(23(19)2)15-8-5-10-26-15/h4-8,10-11H,3,9,12H2,1-2H3,(H,20,24). The number of benzene rings is 1. The lowest BCUT2D eigenvalue weighted by atomic mass is 10.2. The van der Waals surface area contributed by atoms with Crippen LogP contribution in [0.5, 0.6) is 0 Å². The van der Waals surface area contributed by atoms with Crippen molar-refractivity contribution >= 4 is 29.3 Å². The molecular weight excluding hydrogens is 380 g/mol. The molecule has 0 aliphatic rings. The smallest absolute Gasteiger partial charge is 0.338 e. The second-order valence-corrected chi connectivity index (χ2v) is 6.84. The van der Waals surface area contributed by atoms with Gasteiger partial charge in [0, 0.05) is 12.7 Å². The predicted octanol–water partition coefficient (Wildman–Crippen LogP) is 3.37. The molecule has 0 unspecified atom stereocenters. The minimum Gasteiger partial charge on any atom is -0.462 e. The van der Waals surface area contributed by atoms with E-state index in [1.54, 1.807) is 47.2 Å². The lowest BCUT2D eigenvalue weighted by Crippen LogP contribution is -2.15. The summed E-state index contributed by atoms with van der Waals surface area (Å²) in [4.78, 5) is 24.2. The van der Waals surface area contributed by atoms with Crippen LogP contribution in [0.2, 0.25) is 0 Å². The third-order valence-electron chi connectivity index (χ3n) is 3.73. The maximum atomic E-state index is 12.3. The minimum absolute atomic E-state index is 0.147. The second-order valence-electron chi connectivity index (χ2n) is 5.90. The summed E-state index contributed by atoms with van der Waals surface area (Å²) >= 11 is 1.26. The van der Waals surface area contributed by atoms with Crippen molar-refractivity contribution in [3.8, 4) is 11.6 Å². The average Bonchev–Trinajstić information content (AvgIpc) is 3.34. The maximum Gasteiger partial charge on any atom is 0.338 e. The molecule has 0 radical (unpaired) electrons. The molecule has 0 spiro atoms. The van der Waals surface area contributed by atoms with Gasteiger partial charge in [-0.3, -0.25) is 4.79 Å². The number of anilines is 1. The molecule has 9 heteroatoms. The molecule has 2 heterocycles. The van der Waals surface area contributed by atoms with Crippen molar-refractivity contribution in [1.82, 2.24) is 14.8 Å². The SMILES string of the molecule is CCCOC(=O)c1cccc(NC(=O)CSc2nnc(-c3ccco3)n2C)c1. The summed E-state index contributed by atoms with van der Waals surface area (Å²) in [6, 6.07) is 10.2. The Morgan fingerprint density at radius 1 is 1.25 bits per heavy atom. The summed E-state index contributed by atoms with van der Waals surface area (Å²) < 4.78 is 12.2. The van der Waals surface area contributed by atoms with Gasteiger partial charge in [0.25, 0.3) is 0 Å². The molecule has 0 saturated heterocycles. The highest BCUT2D eigenvalue weighted by molar-refractivity contribution is 7.99. The quantitative estimate of drug-likeness (QED) is 0.457. The number of ether oxygens (including phenoxy) is 1.